The summed E-state index contributed by atoms with van der Waals surface area (Å²) in [5.74, 6) is 0.110. The molecule has 1 saturated heterocycles. The molecular weight excluding hydrogens is 168 g/mol. The third kappa shape index (κ3) is 1.91. The van der Waals surface area contributed by atoms with Crippen molar-refractivity contribution >= 4 is 10.4 Å². The second-order valence-electron chi connectivity index (χ2n) is 2.87. The average Bonchev–Trinajstić information content (AvgIpc) is 1.81. The predicted octanol–water partition coefficient (Wildman–Crippen LogP) is 0.691. The highest BCUT2D eigenvalue weighted by molar-refractivity contribution is 7.81. The van der Waals surface area contributed by atoms with E-state index in [0.29, 0.717) is 0 Å². The maximum absolute atomic E-state index is 10.8. The lowest BCUT2D eigenvalue weighted by atomic mass is 10.0. The van der Waals surface area contributed by atoms with E-state index in [1.165, 1.54) is 0 Å². The van der Waals surface area contributed by atoms with E-state index >= 15 is 0 Å². The molecule has 1 aliphatic heterocycles. The maximum atomic E-state index is 10.8. The summed E-state index contributed by atoms with van der Waals surface area (Å²) in [6.07, 6.45) is -0.576. The first-order valence-electron chi connectivity index (χ1n) is 3.54. The molecule has 0 aromatic heterocycles. The molecular formula is C6H12O4S. The van der Waals surface area contributed by atoms with Gasteiger partial charge in [0.2, 0.25) is 0 Å². The van der Waals surface area contributed by atoms with Gasteiger partial charge in [0.1, 0.15) is 0 Å². The molecule has 0 spiro atoms. The van der Waals surface area contributed by atoms with Crippen LogP contribution in [0.5, 0.6) is 0 Å². The van der Waals surface area contributed by atoms with E-state index in [1.807, 2.05) is 6.92 Å². The van der Waals surface area contributed by atoms with Gasteiger partial charge in [0.15, 0.2) is 0 Å². The minimum Gasteiger partial charge on any atom is -0.245 e. The van der Waals surface area contributed by atoms with Gasteiger partial charge in [-0.2, -0.15) is 8.42 Å². The van der Waals surface area contributed by atoms with Crippen LogP contribution < -0.4 is 0 Å². The molecule has 0 aliphatic carbocycles. The standard InChI is InChI=1S/C6H12O4S/c1-4-5(2)9-11(7,8)10-6(4)3/h4-6H,1-3H3. The van der Waals surface area contributed by atoms with E-state index in [-0.39, 0.29) is 18.1 Å². The van der Waals surface area contributed by atoms with Crippen molar-refractivity contribution in [3.8, 4) is 0 Å². The van der Waals surface area contributed by atoms with Crippen molar-refractivity contribution < 1.29 is 16.8 Å². The van der Waals surface area contributed by atoms with Crippen LogP contribution in [0.1, 0.15) is 20.8 Å². The van der Waals surface area contributed by atoms with Crippen molar-refractivity contribution in [1.82, 2.24) is 0 Å². The van der Waals surface area contributed by atoms with E-state index in [9.17, 15) is 8.42 Å². The van der Waals surface area contributed by atoms with Crippen molar-refractivity contribution in [2.75, 3.05) is 0 Å². The van der Waals surface area contributed by atoms with Crippen molar-refractivity contribution in [2.24, 2.45) is 5.92 Å². The van der Waals surface area contributed by atoms with E-state index < -0.39 is 10.4 Å². The van der Waals surface area contributed by atoms with Gasteiger partial charge >= 0.3 is 10.4 Å². The van der Waals surface area contributed by atoms with Gasteiger partial charge < -0.3 is 0 Å². The van der Waals surface area contributed by atoms with Gasteiger partial charge in [-0.3, -0.25) is 0 Å². The lowest BCUT2D eigenvalue weighted by molar-refractivity contribution is 0.00845. The van der Waals surface area contributed by atoms with Crippen LogP contribution >= 0.6 is 0 Å². The minimum atomic E-state index is -3.71. The molecule has 0 aromatic carbocycles. The van der Waals surface area contributed by atoms with Crippen molar-refractivity contribution in [3.63, 3.8) is 0 Å². The SMILES string of the molecule is CC1OS(=O)(=O)OC(C)C1C. The van der Waals surface area contributed by atoms with Crippen LogP contribution in [0.2, 0.25) is 0 Å². The molecule has 1 fully saturated rings. The van der Waals surface area contributed by atoms with E-state index in [2.05, 4.69) is 8.37 Å². The Balaban J connectivity index is 2.78. The summed E-state index contributed by atoms with van der Waals surface area (Å²) in [5.41, 5.74) is 0. The summed E-state index contributed by atoms with van der Waals surface area (Å²) < 4.78 is 30.8. The van der Waals surface area contributed by atoms with E-state index in [1.54, 1.807) is 13.8 Å². The molecule has 5 heteroatoms. The summed E-state index contributed by atoms with van der Waals surface area (Å²) in [4.78, 5) is 0. The molecule has 1 aliphatic rings. The molecule has 0 radical (unpaired) electrons. The Bertz CT molecular complexity index is 215. The van der Waals surface area contributed by atoms with Crippen LogP contribution in [0.15, 0.2) is 0 Å². The number of hydrogen-bond acceptors (Lipinski definition) is 4. The Morgan fingerprint density at radius 3 is 1.73 bits per heavy atom. The molecule has 0 amide bonds. The fourth-order valence-corrected chi connectivity index (χ4v) is 2.09. The quantitative estimate of drug-likeness (QED) is 0.550. The van der Waals surface area contributed by atoms with Crippen molar-refractivity contribution in [1.29, 1.82) is 0 Å². The number of hydrogen-bond donors (Lipinski definition) is 0. The molecule has 0 bridgehead atoms. The van der Waals surface area contributed by atoms with Crippen LogP contribution in [-0.2, 0) is 18.8 Å². The van der Waals surface area contributed by atoms with Gasteiger partial charge in [0, 0.05) is 5.92 Å². The zero-order chi connectivity index (χ0) is 8.65. The Hall–Kier alpha value is -0.130. The molecule has 0 aromatic rings. The smallest absolute Gasteiger partial charge is 0.245 e. The fourth-order valence-electron chi connectivity index (χ4n) is 0.951. The summed E-state index contributed by atoms with van der Waals surface area (Å²) in [5, 5.41) is 0. The zero-order valence-corrected chi connectivity index (χ0v) is 7.59. The second kappa shape index (κ2) is 2.73. The topological polar surface area (TPSA) is 52.6 Å². The molecule has 11 heavy (non-hydrogen) atoms. The third-order valence-corrected chi connectivity index (χ3v) is 3.10. The maximum Gasteiger partial charge on any atom is 0.400 e. The Morgan fingerprint density at radius 2 is 1.36 bits per heavy atom. The molecule has 1 heterocycles. The van der Waals surface area contributed by atoms with Crippen LogP contribution in [0.25, 0.3) is 0 Å². The molecule has 66 valence electrons. The Labute approximate surface area is 66.8 Å². The first-order chi connectivity index (χ1) is 4.92. The molecule has 1 rings (SSSR count). The highest BCUT2D eigenvalue weighted by Crippen LogP contribution is 2.24. The third-order valence-electron chi connectivity index (χ3n) is 2.02. The summed E-state index contributed by atoms with van der Waals surface area (Å²) in [6.45, 7) is 5.34. The average molecular weight is 180 g/mol. The van der Waals surface area contributed by atoms with Crippen molar-refractivity contribution in [2.45, 2.75) is 33.0 Å². The van der Waals surface area contributed by atoms with Crippen LogP contribution in [0, 0.1) is 5.92 Å². The molecule has 2 unspecified atom stereocenters. The van der Waals surface area contributed by atoms with E-state index in [0.717, 1.165) is 0 Å². The summed E-state index contributed by atoms with van der Waals surface area (Å²) in [7, 11) is -3.71. The van der Waals surface area contributed by atoms with Crippen LogP contribution in [0.4, 0.5) is 0 Å². The van der Waals surface area contributed by atoms with Gasteiger partial charge in [-0.25, -0.2) is 8.37 Å². The first kappa shape index (κ1) is 8.96. The van der Waals surface area contributed by atoms with Gasteiger partial charge in [-0.15, -0.1) is 0 Å². The highest BCUT2D eigenvalue weighted by Gasteiger charge is 2.34. The van der Waals surface area contributed by atoms with Gasteiger partial charge in [-0.05, 0) is 13.8 Å². The lowest BCUT2D eigenvalue weighted by Gasteiger charge is -2.30. The number of rotatable bonds is 0. The van der Waals surface area contributed by atoms with Gasteiger partial charge in [0.25, 0.3) is 0 Å². The normalized spacial score (nSPS) is 43.7. The zero-order valence-electron chi connectivity index (χ0n) is 6.77. The summed E-state index contributed by atoms with van der Waals surface area (Å²) >= 11 is 0. The molecule has 4 nitrogen and oxygen atoms in total. The van der Waals surface area contributed by atoms with Gasteiger partial charge in [-0.1, -0.05) is 6.92 Å². The monoisotopic (exact) mass is 180 g/mol. The minimum absolute atomic E-state index is 0.110. The molecule has 0 saturated carbocycles. The van der Waals surface area contributed by atoms with Crippen LogP contribution in [-0.4, -0.2) is 20.6 Å². The lowest BCUT2D eigenvalue weighted by Crippen LogP contribution is -2.39. The van der Waals surface area contributed by atoms with Crippen LogP contribution in [0.3, 0.4) is 0 Å². The Kier molecular flexibility index (Phi) is 2.22. The second-order valence-corrected chi connectivity index (χ2v) is 4.07. The van der Waals surface area contributed by atoms with Gasteiger partial charge in [0.05, 0.1) is 12.2 Å². The molecule has 2 atom stereocenters. The summed E-state index contributed by atoms with van der Waals surface area (Å²) in [6, 6.07) is 0. The van der Waals surface area contributed by atoms with E-state index in [4.69, 9.17) is 0 Å². The largest absolute Gasteiger partial charge is 0.400 e. The predicted molar refractivity (Wildman–Crippen MR) is 39.2 cm³/mol. The molecule has 0 N–H and O–H groups in total. The first-order valence-corrected chi connectivity index (χ1v) is 4.87. The Morgan fingerprint density at radius 1 is 1.00 bits per heavy atom. The highest BCUT2D eigenvalue weighted by atomic mass is 32.3. The fraction of sp³-hybridized carbons (Fsp3) is 1.00. The van der Waals surface area contributed by atoms with Crippen molar-refractivity contribution in [3.05, 3.63) is 0 Å².